The van der Waals surface area contributed by atoms with E-state index in [1.165, 1.54) is 12.1 Å². The largest absolute Gasteiger partial charge is 0.495 e. The van der Waals surface area contributed by atoms with E-state index in [9.17, 15) is 4.39 Å². The highest BCUT2D eigenvalue weighted by Gasteiger charge is 2.07. The van der Waals surface area contributed by atoms with Gasteiger partial charge in [-0.1, -0.05) is 18.2 Å². The lowest BCUT2D eigenvalue weighted by molar-refractivity contribution is 0.413. The Morgan fingerprint density at radius 2 is 1.95 bits per heavy atom. The van der Waals surface area contributed by atoms with Crippen molar-refractivity contribution in [3.05, 3.63) is 65.0 Å². The minimum Gasteiger partial charge on any atom is -0.495 e. The van der Waals surface area contributed by atoms with E-state index in [1.807, 2.05) is 19.1 Å². The van der Waals surface area contributed by atoms with Crippen molar-refractivity contribution in [2.45, 2.75) is 19.5 Å². The van der Waals surface area contributed by atoms with Gasteiger partial charge < -0.3 is 10.1 Å². The minimum atomic E-state index is -0.236. The van der Waals surface area contributed by atoms with Crippen molar-refractivity contribution in [2.24, 2.45) is 0 Å². The molecule has 1 atom stereocenters. The van der Waals surface area contributed by atoms with Crippen molar-refractivity contribution in [3.8, 4) is 11.8 Å². The highest BCUT2D eigenvalue weighted by Crippen LogP contribution is 2.19. The van der Waals surface area contributed by atoms with Crippen LogP contribution in [0.2, 0.25) is 0 Å². The molecule has 0 spiro atoms. The van der Waals surface area contributed by atoms with Crippen molar-refractivity contribution in [1.82, 2.24) is 5.32 Å². The van der Waals surface area contributed by atoms with Gasteiger partial charge in [-0.3, -0.25) is 0 Å². The molecule has 4 heteroatoms. The van der Waals surface area contributed by atoms with Crippen LogP contribution in [-0.4, -0.2) is 7.11 Å². The molecule has 3 nitrogen and oxygen atoms in total. The van der Waals surface area contributed by atoms with Gasteiger partial charge in [-0.2, -0.15) is 5.26 Å². The topological polar surface area (TPSA) is 45.0 Å². The maximum atomic E-state index is 12.9. The molecule has 0 radical (unpaired) electrons. The van der Waals surface area contributed by atoms with Gasteiger partial charge in [0.15, 0.2) is 0 Å². The number of hydrogen-bond donors (Lipinski definition) is 1. The smallest absolute Gasteiger partial charge is 0.136 e. The van der Waals surface area contributed by atoms with Gasteiger partial charge in [0.05, 0.1) is 12.7 Å². The molecule has 0 aliphatic rings. The highest BCUT2D eigenvalue weighted by atomic mass is 19.1. The molecular formula is C17H17FN2O. The van der Waals surface area contributed by atoms with Crippen molar-refractivity contribution < 1.29 is 9.13 Å². The predicted octanol–water partition coefficient (Wildman–Crippen LogP) is 3.56. The Kier molecular flexibility index (Phi) is 4.91. The maximum absolute atomic E-state index is 12.9. The van der Waals surface area contributed by atoms with E-state index in [4.69, 9.17) is 10.00 Å². The molecule has 0 unspecified atom stereocenters. The molecule has 21 heavy (non-hydrogen) atoms. The summed E-state index contributed by atoms with van der Waals surface area (Å²) in [6, 6.07) is 14.2. The molecule has 0 fully saturated rings. The molecule has 0 saturated heterocycles. The second-order valence-electron chi connectivity index (χ2n) is 4.80. The van der Waals surface area contributed by atoms with Crippen LogP contribution in [0.4, 0.5) is 4.39 Å². The Hall–Kier alpha value is -2.38. The van der Waals surface area contributed by atoms with Crippen LogP contribution in [0.1, 0.15) is 29.7 Å². The van der Waals surface area contributed by atoms with E-state index in [1.54, 1.807) is 25.3 Å². The lowest BCUT2D eigenvalue weighted by Gasteiger charge is -2.15. The van der Waals surface area contributed by atoms with Gasteiger partial charge in [0, 0.05) is 12.6 Å². The summed E-state index contributed by atoms with van der Waals surface area (Å²) in [5, 5.41) is 12.4. The van der Waals surface area contributed by atoms with E-state index in [0.717, 1.165) is 11.1 Å². The summed E-state index contributed by atoms with van der Waals surface area (Å²) < 4.78 is 18.0. The first-order chi connectivity index (χ1) is 10.1. The third-order valence-corrected chi connectivity index (χ3v) is 3.37. The van der Waals surface area contributed by atoms with E-state index in [2.05, 4.69) is 11.4 Å². The van der Waals surface area contributed by atoms with Crippen LogP contribution in [-0.2, 0) is 6.54 Å². The lowest BCUT2D eigenvalue weighted by atomic mass is 10.1. The van der Waals surface area contributed by atoms with Crippen LogP contribution in [0.5, 0.6) is 5.75 Å². The number of nitriles is 1. The quantitative estimate of drug-likeness (QED) is 0.913. The molecule has 2 aromatic carbocycles. The molecule has 0 aliphatic carbocycles. The molecule has 1 N–H and O–H groups in total. The van der Waals surface area contributed by atoms with Gasteiger partial charge in [-0.05, 0) is 42.3 Å². The molecule has 0 aliphatic heterocycles. The van der Waals surface area contributed by atoms with Crippen molar-refractivity contribution in [3.63, 3.8) is 0 Å². The molecule has 108 valence electrons. The monoisotopic (exact) mass is 284 g/mol. The number of rotatable bonds is 5. The van der Waals surface area contributed by atoms with Crippen molar-refractivity contribution in [2.75, 3.05) is 7.11 Å². The van der Waals surface area contributed by atoms with Gasteiger partial charge >= 0.3 is 0 Å². The fraction of sp³-hybridized carbons (Fsp3) is 0.235. The molecule has 0 amide bonds. The number of nitrogens with one attached hydrogen (secondary N) is 1. The summed E-state index contributed by atoms with van der Waals surface area (Å²) in [5.74, 6) is 0.340. The van der Waals surface area contributed by atoms with Gasteiger partial charge in [0.1, 0.15) is 17.6 Å². The predicted molar refractivity (Wildman–Crippen MR) is 79.4 cm³/mol. The summed E-state index contributed by atoms with van der Waals surface area (Å²) in [6.45, 7) is 2.64. The molecule has 2 aromatic rings. The average molecular weight is 284 g/mol. The summed E-state index contributed by atoms with van der Waals surface area (Å²) >= 11 is 0. The molecule has 0 aromatic heterocycles. The van der Waals surface area contributed by atoms with Crippen LogP contribution in [0.3, 0.4) is 0 Å². The summed E-state index contributed by atoms with van der Waals surface area (Å²) in [5.41, 5.74) is 2.54. The first-order valence-corrected chi connectivity index (χ1v) is 6.70. The van der Waals surface area contributed by atoms with Crippen LogP contribution in [0, 0.1) is 17.1 Å². The van der Waals surface area contributed by atoms with Crippen LogP contribution >= 0.6 is 0 Å². The normalized spacial score (nSPS) is 11.7. The second kappa shape index (κ2) is 6.87. The van der Waals surface area contributed by atoms with E-state index in [0.29, 0.717) is 17.9 Å². The van der Waals surface area contributed by atoms with Crippen LogP contribution in [0.25, 0.3) is 0 Å². The fourth-order valence-electron chi connectivity index (χ4n) is 2.09. The Balaban J connectivity index is 2.03. The van der Waals surface area contributed by atoms with Crippen LogP contribution < -0.4 is 10.1 Å². The number of nitrogens with zero attached hydrogens (tertiary/aromatic N) is 1. The Morgan fingerprint density at radius 1 is 1.24 bits per heavy atom. The molecule has 0 saturated carbocycles. The molecular weight excluding hydrogens is 267 g/mol. The zero-order valence-electron chi connectivity index (χ0n) is 12.1. The number of hydrogen-bond acceptors (Lipinski definition) is 3. The van der Waals surface area contributed by atoms with Gasteiger partial charge in [0.2, 0.25) is 0 Å². The number of benzene rings is 2. The standard InChI is InChI=1S/C17H17FN2O/c1-12(14-4-6-16(18)7-5-14)20-11-13-3-8-17(21-2)15(9-13)10-19/h3-9,12,20H,11H2,1-2H3/t12-/m1/s1. The van der Waals surface area contributed by atoms with Crippen molar-refractivity contribution in [1.29, 1.82) is 5.26 Å². The van der Waals surface area contributed by atoms with Gasteiger partial charge in [0.25, 0.3) is 0 Å². The maximum Gasteiger partial charge on any atom is 0.136 e. The zero-order chi connectivity index (χ0) is 15.2. The third kappa shape index (κ3) is 3.80. The molecule has 0 heterocycles. The summed E-state index contributed by atoms with van der Waals surface area (Å²) in [7, 11) is 1.55. The Morgan fingerprint density at radius 3 is 2.57 bits per heavy atom. The third-order valence-electron chi connectivity index (χ3n) is 3.37. The van der Waals surface area contributed by atoms with Crippen molar-refractivity contribution >= 4 is 0 Å². The van der Waals surface area contributed by atoms with E-state index < -0.39 is 0 Å². The summed E-state index contributed by atoms with van der Waals surface area (Å²) in [6.07, 6.45) is 0. The summed E-state index contributed by atoms with van der Waals surface area (Å²) in [4.78, 5) is 0. The lowest BCUT2D eigenvalue weighted by Crippen LogP contribution is -2.18. The minimum absolute atomic E-state index is 0.0956. The number of methoxy groups -OCH3 is 1. The average Bonchev–Trinajstić information content (AvgIpc) is 2.52. The fourth-order valence-corrected chi connectivity index (χ4v) is 2.09. The van der Waals surface area contributed by atoms with E-state index >= 15 is 0 Å². The Bertz CT molecular complexity index is 647. The molecule has 2 rings (SSSR count). The van der Waals surface area contributed by atoms with Gasteiger partial charge in [-0.15, -0.1) is 0 Å². The van der Waals surface area contributed by atoms with E-state index in [-0.39, 0.29) is 11.9 Å². The zero-order valence-corrected chi connectivity index (χ0v) is 12.1. The SMILES string of the molecule is COc1ccc(CN[C@H](C)c2ccc(F)cc2)cc1C#N. The second-order valence-corrected chi connectivity index (χ2v) is 4.80. The Labute approximate surface area is 124 Å². The molecule has 0 bridgehead atoms. The number of halogens is 1. The highest BCUT2D eigenvalue weighted by molar-refractivity contribution is 5.45. The van der Waals surface area contributed by atoms with Gasteiger partial charge in [-0.25, -0.2) is 4.39 Å². The number of ether oxygens (including phenoxy) is 1. The van der Waals surface area contributed by atoms with Crippen LogP contribution in [0.15, 0.2) is 42.5 Å². The first-order valence-electron chi connectivity index (χ1n) is 6.70. The first kappa shape index (κ1) is 15.0.